The second kappa shape index (κ2) is 4.06. The summed E-state index contributed by atoms with van der Waals surface area (Å²) in [5.41, 5.74) is 1.80. The Labute approximate surface area is 113 Å². The molecule has 0 amide bonds. The third-order valence-corrected chi connectivity index (χ3v) is 3.37. The van der Waals surface area contributed by atoms with Crippen LogP contribution in [0.3, 0.4) is 0 Å². The highest BCUT2D eigenvalue weighted by Crippen LogP contribution is 2.18. The maximum absolute atomic E-state index is 12.5. The van der Waals surface area contributed by atoms with Crippen molar-refractivity contribution in [1.82, 2.24) is 9.78 Å². The fourth-order valence-electron chi connectivity index (χ4n) is 2.38. The lowest BCUT2D eigenvalue weighted by Crippen LogP contribution is -2.12. The first-order chi connectivity index (χ1) is 9.84. The molecule has 4 aromatic rings. The van der Waals surface area contributed by atoms with Crippen molar-refractivity contribution >= 4 is 21.9 Å². The van der Waals surface area contributed by atoms with Crippen LogP contribution >= 0.6 is 0 Å². The first kappa shape index (κ1) is 11.0. The van der Waals surface area contributed by atoms with E-state index < -0.39 is 0 Å². The Kier molecular flexibility index (Phi) is 2.23. The largest absolute Gasteiger partial charge is 0.462 e. The van der Waals surface area contributed by atoms with Gasteiger partial charge in [-0.2, -0.15) is 5.10 Å². The third-order valence-electron chi connectivity index (χ3n) is 3.37. The van der Waals surface area contributed by atoms with Gasteiger partial charge in [-0.25, -0.2) is 4.68 Å². The Bertz CT molecular complexity index is 982. The van der Waals surface area contributed by atoms with Crippen LogP contribution in [0.5, 0.6) is 0 Å². The minimum absolute atomic E-state index is 0.0827. The van der Waals surface area contributed by atoms with Crippen LogP contribution in [-0.4, -0.2) is 9.78 Å². The molecule has 4 nitrogen and oxygen atoms in total. The average molecular weight is 262 g/mol. The molecule has 2 aromatic heterocycles. The molecular weight excluding hydrogens is 252 g/mol. The van der Waals surface area contributed by atoms with Gasteiger partial charge in [0.15, 0.2) is 0 Å². The predicted octanol–water partition coefficient (Wildman–Crippen LogP) is 3.13. The van der Waals surface area contributed by atoms with Gasteiger partial charge in [0.1, 0.15) is 17.5 Å². The van der Waals surface area contributed by atoms with E-state index in [2.05, 4.69) is 5.10 Å². The van der Waals surface area contributed by atoms with Crippen molar-refractivity contribution in [3.63, 3.8) is 0 Å². The van der Waals surface area contributed by atoms with E-state index in [0.29, 0.717) is 16.7 Å². The normalized spacial score (nSPS) is 11.2. The van der Waals surface area contributed by atoms with E-state index in [4.69, 9.17) is 4.42 Å². The summed E-state index contributed by atoms with van der Waals surface area (Å²) in [6.07, 6.45) is 3.20. The zero-order chi connectivity index (χ0) is 13.5. The summed E-state index contributed by atoms with van der Waals surface area (Å²) < 4.78 is 7.15. The van der Waals surface area contributed by atoms with Crippen LogP contribution in [0.25, 0.3) is 27.6 Å². The fraction of sp³-hybridized carbons (Fsp3) is 0. The quantitative estimate of drug-likeness (QED) is 0.529. The highest BCUT2D eigenvalue weighted by molar-refractivity contribution is 5.82. The van der Waals surface area contributed by atoms with Gasteiger partial charge in [-0.05, 0) is 18.2 Å². The SMILES string of the molecule is O=c1c(-n2ncc3ccccc32)coc2ccccc12. The van der Waals surface area contributed by atoms with E-state index in [1.165, 1.54) is 6.26 Å². The molecule has 0 saturated carbocycles. The van der Waals surface area contributed by atoms with Gasteiger partial charge in [0, 0.05) is 5.39 Å². The van der Waals surface area contributed by atoms with Crippen molar-refractivity contribution in [2.24, 2.45) is 0 Å². The number of nitrogens with zero attached hydrogens (tertiary/aromatic N) is 2. The molecule has 96 valence electrons. The van der Waals surface area contributed by atoms with Gasteiger partial charge in [-0.3, -0.25) is 4.79 Å². The van der Waals surface area contributed by atoms with Gasteiger partial charge < -0.3 is 4.42 Å². The van der Waals surface area contributed by atoms with Crippen molar-refractivity contribution in [2.75, 3.05) is 0 Å². The fourth-order valence-corrected chi connectivity index (χ4v) is 2.38. The molecule has 20 heavy (non-hydrogen) atoms. The predicted molar refractivity (Wildman–Crippen MR) is 77.1 cm³/mol. The molecule has 4 heteroatoms. The highest BCUT2D eigenvalue weighted by atomic mass is 16.3. The molecule has 0 bridgehead atoms. The van der Waals surface area contributed by atoms with Gasteiger partial charge in [0.25, 0.3) is 0 Å². The van der Waals surface area contributed by atoms with Crippen molar-refractivity contribution in [3.8, 4) is 5.69 Å². The van der Waals surface area contributed by atoms with E-state index in [9.17, 15) is 4.79 Å². The van der Waals surface area contributed by atoms with Gasteiger partial charge in [0.2, 0.25) is 5.43 Å². The van der Waals surface area contributed by atoms with Gasteiger partial charge in [0.05, 0.1) is 17.1 Å². The molecule has 0 N–H and O–H groups in total. The lowest BCUT2D eigenvalue weighted by atomic mass is 10.2. The van der Waals surface area contributed by atoms with Crippen molar-refractivity contribution < 1.29 is 4.42 Å². The van der Waals surface area contributed by atoms with E-state index in [0.717, 1.165) is 10.9 Å². The molecule has 2 aromatic carbocycles. The summed E-state index contributed by atoms with van der Waals surface area (Å²) in [5, 5.41) is 5.84. The molecule has 0 radical (unpaired) electrons. The summed E-state index contributed by atoms with van der Waals surface area (Å²) in [6, 6.07) is 15.0. The second-order valence-corrected chi connectivity index (χ2v) is 4.56. The van der Waals surface area contributed by atoms with Crippen molar-refractivity contribution in [2.45, 2.75) is 0 Å². The molecule has 0 spiro atoms. The Morgan fingerprint density at radius 1 is 1.00 bits per heavy atom. The third kappa shape index (κ3) is 1.48. The Morgan fingerprint density at radius 3 is 2.75 bits per heavy atom. The molecular formula is C16H10N2O2. The van der Waals surface area contributed by atoms with Crippen molar-refractivity contribution in [3.05, 3.63) is 71.2 Å². The summed E-state index contributed by atoms with van der Waals surface area (Å²) in [7, 11) is 0. The number of para-hydroxylation sites is 2. The zero-order valence-corrected chi connectivity index (χ0v) is 10.5. The van der Waals surface area contributed by atoms with E-state index >= 15 is 0 Å². The van der Waals surface area contributed by atoms with E-state index in [1.54, 1.807) is 23.0 Å². The zero-order valence-electron chi connectivity index (χ0n) is 10.5. The maximum Gasteiger partial charge on any atom is 0.218 e. The molecule has 4 rings (SSSR count). The van der Waals surface area contributed by atoms with Gasteiger partial charge in [-0.1, -0.05) is 30.3 Å². The first-order valence-electron chi connectivity index (χ1n) is 6.28. The second-order valence-electron chi connectivity index (χ2n) is 4.56. The van der Waals surface area contributed by atoms with Crippen LogP contribution in [-0.2, 0) is 0 Å². The van der Waals surface area contributed by atoms with Crippen LogP contribution in [0.2, 0.25) is 0 Å². The molecule has 2 heterocycles. The van der Waals surface area contributed by atoms with Gasteiger partial charge >= 0.3 is 0 Å². The smallest absolute Gasteiger partial charge is 0.218 e. The van der Waals surface area contributed by atoms with Crippen LogP contribution in [0.1, 0.15) is 0 Å². The molecule has 0 fully saturated rings. The summed E-state index contributed by atoms with van der Waals surface area (Å²) in [6.45, 7) is 0. The molecule has 0 atom stereocenters. The van der Waals surface area contributed by atoms with E-state index in [-0.39, 0.29) is 5.43 Å². The summed E-state index contributed by atoms with van der Waals surface area (Å²) in [5.74, 6) is 0. The number of hydrogen-bond acceptors (Lipinski definition) is 3. The van der Waals surface area contributed by atoms with Crippen molar-refractivity contribution in [1.29, 1.82) is 0 Å². The van der Waals surface area contributed by atoms with Crippen LogP contribution in [0.4, 0.5) is 0 Å². The van der Waals surface area contributed by atoms with Crippen LogP contribution in [0, 0.1) is 0 Å². The van der Waals surface area contributed by atoms with Crippen LogP contribution in [0.15, 0.2) is 70.2 Å². The summed E-state index contributed by atoms with van der Waals surface area (Å²) >= 11 is 0. The number of hydrogen-bond donors (Lipinski definition) is 0. The lowest BCUT2D eigenvalue weighted by molar-refractivity contribution is 0.594. The molecule has 0 aliphatic carbocycles. The van der Waals surface area contributed by atoms with Gasteiger partial charge in [-0.15, -0.1) is 0 Å². The average Bonchev–Trinajstić information content (AvgIpc) is 2.92. The number of fused-ring (bicyclic) bond motifs is 2. The number of benzene rings is 2. The number of aromatic nitrogens is 2. The monoisotopic (exact) mass is 262 g/mol. The first-order valence-corrected chi connectivity index (χ1v) is 6.28. The Morgan fingerprint density at radius 2 is 1.80 bits per heavy atom. The Balaban J connectivity index is 2.08. The molecule has 0 unspecified atom stereocenters. The lowest BCUT2D eigenvalue weighted by Gasteiger charge is -2.03. The Hall–Kier alpha value is -2.88. The molecule has 0 saturated heterocycles. The standard InChI is InChI=1S/C16H10N2O2/c19-16-12-6-2-4-8-15(12)20-10-14(16)18-13-7-3-1-5-11(13)9-17-18/h1-10H. The highest BCUT2D eigenvalue weighted by Gasteiger charge is 2.11. The maximum atomic E-state index is 12.5. The molecule has 0 aliphatic heterocycles. The molecule has 0 aliphatic rings. The topological polar surface area (TPSA) is 48.0 Å². The summed E-state index contributed by atoms with van der Waals surface area (Å²) in [4.78, 5) is 12.5. The minimum Gasteiger partial charge on any atom is -0.462 e. The minimum atomic E-state index is -0.0827. The van der Waals surface area contributed by atoms with E-state index in [1.807, 2.05) is 36.4 Å². The van der Waals surface area contributed by atoms with Crippen LogP contribution < -0.4 is 5.43 Å². The number of rotatable bonds is 1.